The van der Waals surface area contributed by atoms with Crippen LogP contribution in [0.1, 0.15) is 40.5 Å². The molecule has 0 saturated carbocycles. The molecule has 0 aliphatic carbocycles. The van der Waals surface area contributed by atoms with E-state index in [0.717, 1.165) is 29.6 Å². The predicted octanol–water partition coefficient (Wildman–Crippen LogP) is 3.16. The molecule has 1 N–H and O–H groups in total. The van der Waals surface area contributed by atoms with Crippen LogP contribution >= 0.6 is 0 Å². The van der Waals surface area contributed by atoms with E-state index in [9.17, 15) is 14.4 Å². The van der Waals surface area contributed by atoms with Gasteiger partial charge in [-0.25, -0.2) is 0 Å². The number of nitrogens with one attached hydrogen (secondary N) is 1. The van der Waals surface area contributed by atoms with E-state index in [-0.39, 0.29) is 6.54 Å². The number of imide groups is 1. The van der Waals surface area contributed by atoms with Crippen molar-refractivity contribution in [3.63, 3.8) is 0 Å². The second kappa shape index (κ2) is 7.46. The summed E-state index contributed by atoms with van der Waals surface area (Å²) >= 11 is 0. The second-order valence-corrected chi connectivity index (χ2v) is 7.51. The first-order chi connectivity index (χ1) is 13.5. The quantitative estimate of drug-likeness (QED) is 0.831. The van der Waals surface area contributed by atoms with Crippen LogP contribution in [0.15, 0.2) is 48.5 Å². The van der Waals surface area contributed by atoms with Gasteiger partial charge in [0.2, 0.25) is 5.91 Å². The molecular formula is C22H23N3O3. The van der Waals surface area contributed by atoms with Crippen LogP contribution < -0.4 is 10.2 Å². The highest BCUT2D eigenvalue weighted by Gasteiger charge is 2.36. The lowest BCUT2D eigenvalue weighted by Gasteiger charge is -2.32. The lowest BCUT2D eigenvalue weighted by atomic mass is 9.99. The summed E-state index contributed by atoms with van der Waals surface area (Å²) in [4.78, 5) is 40.4. The Morgan fingerprint density at radius 2 is 1.54 bits per heavy atom. The van der Waals surface area contributed by atoms with Crippen molar-refractivity contribution in [3.8, 4) is 0 Å². The van der Waals surface area contributed by atoms with E-state index in [2.05, 4.69) is 17.1 Å². The maximum atomic E-state index is 12.4. The summed E-state index contributed by atoms with van der Waals surface area (Å²) in [5.74, 6) is -0.470. The average molecular weight is 377 g/mol. The first kappa shape index (κ1) is 18.2. The molecule has 1 saturated heterocycles. The molecule has 2 heterocycles. The fourth-order valence-corrected chi connectivity index (χ4v) is 3.75. The highest BCUT2D eigenvalue weighted by molar-refractivity contribution is 6.22. The van der Waals surface area contributed by atoms with Gasteiger partial charge in [-0.2, -0.15) is 0 Å². The Bertz CT molecular complexity index is 880. The van der Waals surface area contributed by atoms with Gasteiger partial charge in [0, 0.05) is 24.5 Å². The van der Waals surface area contributed by atoms with Crippen LogP contribution in [0.5, 0.6) is 0 Å². The third-order valence-electron chi connectivity index (χ3n) is 5.48. The zero-order chi connectivity index (χ0) is 19.7. The number of carbonyl (C=O) groups is 3. The summed E-state index contributed by atoms with van der Waals surface area (Å²) in [6, 6.07) is 14.3. The molecule has 2 aromatic rings. The molecule has 6 heteroatoms. The van der Waals surface area contributed by atoms with Crippen LogP contribution in [-0.2, 0) is 4.79 Å². The highest BCUT2D eigenvalue weighted by Crippen LogP contribution is 2.25. The van der Waals surface area contributed by atoms with Crippen LogP contribution in [0.4, 0.5) is 11.4 Å². The van der Waals surface area contributed by atoms with Crippen molar-refractivity contribution in [3.05, 3.63) is 59.7 Å². The van der Waals surface area contributed by atoms with E-state index >= 15 is 0 Å². The molecule has 6 nitrogen and oxygen atoms in total. The Balaban J connectivity index is 1.37. The van der Waals surface area contributed by atoms with Crippen molar-refractivity contribution in [2.75, 3.05) is 29.9 Å². The SMILES string of the molecule is CC1CCN(c2ccc(NC(=O)CN3C(=O)c4ccccc4C3=O)cc2)CC1. The van der Waals surface area contributed by atoms with Crippen LogP contribution in [-0.4, -0.2) is 42.3 Å². The smallest absolute Gasteiger partial charge is 0.262 e. The van der Waals surface area contributed by atoms with Crippen LogP contribution in [0, 0.1) is 5.92 Å². The Kier molecular flexibility index (Phi) is 4.86. The minimum absolute atomic E-state index is 0.294. The topological polar surface area (TPSA) is 69.7 Å². The Hall–Kier alpha value is -3.15. The van der Waals surface area contributed by atoms with Gasteiger partial charge in [-0.1, -0.05) is 19.1 Å². The third kappa shape index (κ3) is 3.50. The number of piperidine rings is 1. The first-order valence-corrected chi connectivity index (χ1v) is 9.63. The molecular weight excluding hydrogens is 354 g/mol. The number of hydrogen-bond donors (Lipinski definition) is 1. The van der Waals surface area contributed by atoms with Crippen LogP contribution in [0.2, 0.25) is 0 Å². The zero-order valence-corrected chi connectivity index (χ0v) is 15.9. The van der Waals surface area contributed by atoms with E-state index in [4.69, 9.17) is 0 Å². The summed E-state index contributed by atoms with van der Waals surface area (Å²) in [7, 11) is 0. The molecule has 2 aliphatic heterocycles. The molecule has 2 aromatic carbocycles. The summed E-state index contributed by atoms with van der Waals surface area (Å²) in [5.41, 5.74) is 2.49. The van der Waals surface area contributed by atoms with Crippen LogP contribution in [0.3, 0.4) is 0 Å². The zero-order valence-electron chi connectivity index (χ0n) is 15.9. The summed E-state index contributed by atoms with van der Waals surface area (Å²) in [6.45, 7) is 4.08. The van der Waals surface area contributed by atoms with E-state index in [0.29, 0.717) is 16.8 Å². The maximum Gasteiger partial charge on any atom is 0.262 e. The van der Waals surface area contributed by atoms with Gasteiger partial charge in [0.25, 0.3) is 11.8 Å². The summed E-state index contributed by atoms with van der Waals surface area (Å²) < 4.78 is 0. The molecule has 0 bridgehead atoms. The van der Waals surface area contributed by atoms with E-state index < -0.39 is 17.7 Å². The number of hydrogen-bond acceptors (Lipinski definition) is 4. The molecule has 3 amide bonds. The molecule has 144 valence electrons. The van der Waals surface area contributed by atoms with Crippen molar-refractivity contribution in [2.45, 2.75) is 19.8 Å². The fraction of sp³-hybridized carbons (Fsp3) is 0.318. The van der Waals surface area contributed by atoms with Gasteiger partial charge in [-0.15, -0.1) is 0 Å². The van der Waals surface area contributed by atoms with Gasteiger partial charge in [0.1, 0.15) is 6.54 Å². The Labute approximate surface area is 164 Å². The number of nitrogens with zero attached hydrogens (tertiary/aromatic N) is 2. The molecule has 0 aromatic heterocycles. The molecule has 1 fully saturated rings. The van der Waals surface area contributed by atoms with Gasteiger partial charge >= 0.3 is 0 Å². The standard InChI is InChI=1S/C22H23N3O3/c1-15-10-12-24(13-11-15)17-8-6-16(7-9-17)23-20(26)14-25-21(27)18-4-2-3-5-19(18)22(25)28/h2-9,15H,10-14H2,1H3,(H,23,26). The van der Waals surface area contributed by atoms with Gasteiger partial charge in [0.05, 0.1) is 11.1 Å². The minimum Gasteiger partial charge on any atom is -0.372 e. The number of amides is 3. The largest absolute Gasteiger partial charge is 0.372 e. The molecule has 0 unspecified atom stereocenters. The number of carbonyl (C=O) groups excluding carboxylic acids is 3. The van der Waals surface area contributed by atoms with Gasteiger partial charge in [0.15, 0.2) is 0 Å². The number of fused-ring (bicyclic) bond motifs is 1. The number of benzene rings is 2. The van der Waals surface area contributed by atoms with E-state index in [1.807, 2.05) is 24.3 Å². The lowest BCUT2D eigenvalue weighted by Crippen LogP contribution is -2.37. The van der Waals surface area contributed by atoms with Crippen molar-refractivity contribution in [1.82, 2.24) is 4.90 Å². The average Bonchev–Trinajstić information content (AvgIpc) is 2.94. The molecule has 0 spiro atoms. The van der Waals surface area contributed by atoms with E-state index in [1.165, 1.54) is 12.8 Å². The van der Waals surface area contributed by atoms with Gasteiger partial charge < -0.3 is 10.2 Å². The second-order valence-electron chi connectivity index (χ2n) is 7.51. The molecule has 28 heavy (non-hydrogen) atoms. The summed E-state index contributed by atoms with van der Waals surface area (Å²) in [6.07, 6.45) is 2.39. The third-order valence-corrected chi connectivity index (χ3v) is 5.48. The van der Waals surface area contributed by atoms with Crippen molar-refractivity contribution in [1.29, 1.82) is 0 Å². The van der Waals surface area contributed by atoms with E-state index in [1.54, 1.807) is 24.3 Å². The van der Waals surface area contributed by atoms with Crippen LogP contribution in [0.25, 0.3) is 0 Å². The lowest BCUT2D eigenvalue weighted by molar-refractivity contribution is -0.116. The normalized spacial score (nSPS) is 17.0. The van der Waals surface area contributed by atoms with Crippen molar-refractivity contribution >= 4 is 29.1 Å². The Morgan fingerprint density at radius 3 is 2.11 bits per heavy atom. The summed E-state index contributed by atoms with van der Waals surface area (Å²) in [5, 5.41) is 2.77. The fourth-order valence-electron chi connectivity index (χ4n) is 3.75. The minimum atomic E-state index is -0.426. The highest BCUT2D eigenvalue weighted by atomic mass is 16.2. The van der Waals surface area contributed by atoms with Crippen molar-refractivity contribution in [2.24, 2.45) is 5.92 Å². The van der Waals surface area contributed by atoms with Gasteiger partial charge in [-0.05, 0) is 55.2 Å². The number of anilines is 2. The number of rotatable bonds is 4. The molecule has 0 atom stereocenters. The predicted molar refractivity (Wildman–Crippen MR) is 107 cm³/mol. The van der Waals surface area contributed by atoms with Gasteiger partial charge in [-0.3, -0.25) is 19.3 Å². The molecule has 4 rings (SSSR count). The molecule has 2 aliphatic rings. The maximum absolute atomic E-state index is 12.4. The van der Waals surface area contributed by atoms with Crippen molar-refractivity contribution < 1.29 is 14.4 Å². The monoisotopic (exact) mass is 377 g/mol. The Morgan fingerprint density at radius 1 is 0.964 bits per heavy atom. The first-order valence-electron chi connectivity index (χ1n) is 9.63. The molecule has 0 radical (unpaired) electrons.